The molecule has 0 bridgehead atoms. The highest BCUT2D eigenvalue weighted by atomic mass is 19.1. The van der Waals surface area contributed by atoms with E-state index in [-0.39, 0.29) is 6.04 Å². The van der Waals surface area contributed by atoms with Crippen LogP contribution in [0.2, 0.25) is 0 Å². The van der Waals surface area contributed by atoms with E-state index in [2.05, 4.69) is 5.32 Å². The lowest BCUT2D eigenvalue weighted by molar-refractivity contribution is 0.190. The average Bonchev–Trinajstić information content (AvgIpc) is 2.21. The van der Waals surface area contributed by atoms with Crippen LogP contribution in [0.5, 0.6) is 0 Å². The molecular weight excluding hydrogens is 195 g/mol. The number of ether oxygens (including phenoxy) is 1. The second-order valence-corrected chi connectivity index (χ2v) is 3.30. The van der Waals surface area contributed by atoms with Crippen molar-refractivity contribution in [1.82, 2.24) is 0 Å². The number of hydrogen-bond donors (Lipinski definition) is 1. The summed E-state index contributed by atoms with van der Waals surface area (Å²) in [5.41, 5.74) is 0.932. The molecule has 80 valence electrons. The van der Waals surface area contributed by atoms with Crippen molar-refractivity contribution in [3.63, 3.8) is 0 Å². The Morgan fingerprint density at radius 3 is 2.93 bits per heavy atom. The highest BCUT2D eigenvalue weighted by Crippen LogP contribution is 2.16. The van der Waals surface area contributed by atoms with Crippen LogP contribution in [0.25, 0.3) is 0 Å². The normalized spacial score (nSPS) is 11.9. The number of rotatable bonds is 4. The maximum atomic E-state index is 12.8. The summed E-state index contributed by atoms with van der Waals surface area (Å²) in [4.78, 5) is 0. The molecule has 1 N–H and O–H groups in total. The van der Waals surface area contributed by atoms with Gasteiger partial charge in [0.05, 0.1) is 17.9 Å². The van der Waals surface area contributed by atoms with Crippen LogP contribution in [0.4, 0.5) is 10.1 Å². The number of hydrogen-bond acceptors (Lipinski definition) is 3. The Morgan fingerprint density at radius 1 is 1.60 bits per heavy atom. The molecule has 0 saturated carbocycles. The second-order valence-electron chi connectivity index (χ2n) is 3.30. The molecule has 4 heteroatoms. The average molecular weight is 208 g/mol. The first-order chi connectivity index (χ1) is 7.17. The standard InChI is InChI=1S/C11H13FN2O/c1-8(7-15-2)14-11-4-3-10(12)5-9(11)6-13/h3-5,8,14H,7H2,1-2H3. The lowest BCUT2D eigenvalue weighted by atomic mass is 10.1. The molecule has 1 aromatic carbocycles. The Bertz CT molecular complexity index is 373. The number of nitriles is 1. The second kappa shape index (κ2) is 5.32. The number of anilines is 1. The summed E-state index contributed by atoms with van der Waals surface area (Å²) in [5, 5.41) is 11.9. The minimum absolute atomic E-state index is 0.0764. The Balaban J connectivity index is 2.81. The number of methoxy groups -OCH3 is 1. The van der Waals surface area contributed by atoms with Crippen LogP contribution in [0.1, 0.15) is 12.5 Å². The van der Waals surface area contributed by atoms with Gasteiger partial charge < -0.3 is 10.1 Å². The van der Waals surface area contributed by atoms with Gasteiger partial charge in [0.1, 0.15) is 11.9 Å². The smallest absolute Gasteiger partial charge is 0.124 e. The van der Waals surface area contributed by atoms with Crippen LogP contribution in [0.3, 0.4) is 0 Å². The minimum atomic E-state index is -0.406. The van der Waals surface area contributed by atoms with E-state index in [4.69, 9.17) is 10.00 Å². The summed E-state index contributed by atoms with van der Waals surface area (Å²) in [6, 6.07) is 6.10. The number of halogens is 1. The fraction of sp³-hybridized carbons (Fsp3) is 0.364. The molecule has 0 aliphatic carbocycles. The zero-order chi connectivity index (χ0) is 11.3. The van der Waals surface area contributed by atoms with E-state index in [1.807, 2.05) is 13.0 Å². The predicted octanol–water partition coefficient (Wildman–Crippen LogP) is 2.14. The minimum Gasteiger partial charge on any atom is -0.383 e. The van der Waals surface area contributed by atoms with Crippen molar-refractivity contribution in [3.05, 3.63) is 29.6 Å². The number of nitrogens with zero attached hydrogens (tertiary/aromatic N) is 1. The van der Waals surface area contributed by atoms with Crippen molar-refractivity contribution < 1.29 is 9.13 Å². The third-order valence-electron chi connectivity index (χ3n) is 1.92. The zero-order valence-corrected chi connectivity index (χ0v) is 8.75. The largest absolute Gasteiger partial charge is 0.383 e. The summed E-state index contributed by atoms with van der Waals surface area (Å²) in [5.74, 6) is -0.406. The molecule has 15 heavy (non-hydrogen) atoms. The van der Waals surface area contributed by atoms with Gasteiger partial charge in [0, 0.05) is 13.2 Å². The molecule has 0 radical (unpaired) electrons. The van der Waals surface area contributed by atoms with Crippen molar-refractivity contribution >= 4 is 5.69 Å². The van der Waals surface area contributed by atoms with Crippen molar-refractivity contribution in [2.75, 3.05) is 19.0 Å². The molecular formula is C11H13FN2O. The fourth-order valence-corrected chi connectivity index (χ4v) is 1.29. The van der Waals surface area contributed by atoms with Gasteiger partial charge in [-0.3, -0.25) is 0 Å². The summed E-state index contributed by atoms with van der Waals surface area (Å²) >= 11 is 0. The molecule has 0 heterocycles. The maximum Gasteiger partial charge on any atom is 0.124 e. The summed E-state index contributed by atoms with van der Waals surface area (Å²) in [7, 11) is 1.61. The van der Waals surface area contributed by atoms with Crippen molar-refractivity contribution in [3.8, 4) is 6.07 Å². The highest BCUT2D eigenvalue weighted by molar-refractivity contribution is 5.57. The summed E-state index contributed by atoms with van der Waals surface area (Å²) in [6.07, 6.45) is 0. The maximum absolute atomic E-state index is 12.8. The summed E-state index contributed by atoms with van der Waals surface area (Å²) < 4.78 is 17.8. The van der Waals surface area contributed by atoms with Gasteiger partial charge in [0.25, 0.3) is 0 Å². The molecule has 0 aromatic heterocycles. The van der Waals surface area contributed by atoms with Gasteiger partial charge in [-0.05, 0) is 25.1 Å². The third-order valence-corrected chi connectivity index (χ3v) is 1.92. The van der Waals surface area contributed by atoms with E-state index in [1.165, 1.54) is 12.1 Å². The third kappa shape index (κ3) is 3.22. The molecule has 1 aromatic rings. The van der Waals surface area contributed by atoms with E-state index in [0.29, 0.717) is 17.9 Å². The quantitative estimate of drug-likeness (QED) is 0.824. The van der Waals surface area contributed by atoms with E-state index < -0.39 is 5.82 Å². The van der Waals surface area contributed by atoms with Gasteiger partial charge in [-0.25, -0.2) is 4.39 Å². The molecule has 1 unspecified atom stereocenters. The lowest BCUT2D eigenvalue weighted by Crippen LogP contribution is -2.21. The highest BCUT2D eigenvalue weighted by Gasteiger charge is 2.06. The van der Waals surface area contributed by atoms with Crippen LogP contribution in [0.15, 0.2) is 18.2 Å². The van der Waals surface area contributed by atoms with Gasteiger partial charge >= 0.3 is 0 Å². The molecule has 0 aliphatic rings. The first-order valence-corrected chi connectivity index (χ1v) is 4.62. The van der Waals surface area contributed by atoms with Crippen molar-refractivity contribution in [1.29, 1.82) is 5.26 Å². The number of benzene rings is 1. The Labute approximate surface area is 88.5 Å². The molecule has 1 atom stereocenters. The van der Waals surface area contributed by atoms with E-state index in [1.54, 1.807) is 13.2 Å². The molecule has 0 fully saturated rings. The molecule has 3 nitrogen and oxygen atoms in total. The molecule has 0 aliphatic heterocycles. The van der Waals surface area contributed by atoms with Crippen LogP contribution in [-0.4, -0.2) is 19.8 Å². The Hall–Kier alpha value is -1.60. The van der Waals surface area contributed by atoms with Crippen molar-refractivity contribution in [2.24, 2.45) is 0 Å². The van der Waals surface area contributed by atoms with E-state index >= 15 is 0 Å². The number of nitrogens with one attached hydrogen (secondary N) is 1. The van der Waals surface area contributed by atoms with Crippen LogP contribution < -0.4 is 5.32 Å². The SMILES string of the molecule is COCC(C)Nc1ccc(F)cc1C#N. The molecule has 0 saturated heterocycles. The van der Waals surface area contributed by atoms with Gasteiger partial charge in [0.2, 0.25) is 0 Å². The van der Waals surface area contributed by atoms with E-state index in [9.17, 15) is 4.39 Å². The summed E-state index contributed by atoms with van der Waals surface area (Å²) in [6.45, 7) is 2.45. The van der Waals surface area contributed by atoms with E-state index in [0.717, 1.165) is 0 Å². The molecule has 0 spiro atoms. The van der Waals surface area contributed by atoms with Crippen LogP contribution in [-0.2, 0) is 4.74 Å². The van der Waals surface area contributed by atoms with Gasteiger partial charge in [-0.15, -0.1) is 0 Å². The first-order valence-electron chi connectivity index (χ1n) is 4.62. The Kier molecular flexibility index (Phi) is 4.07. The van der Waals surface area contributed by atoms with Gasteiger partial charge in [-0.2, -0.15) is 5.26 Å². The van der Waals surface area contributed by atoms with Crippen LogP contribution in [0, 0.1) is 17.1 Å². The fourth-order valence-electron chi connectivity index (χ4n) is 1.29. The van der Waals surface area contributed by atoms with Crippen molar-refractivity contribution in [2.45, 2.75) is 13.0 Å². The Morgan fingerprint density at radius 2 is 2.33 bits per heavy atom. The molecule has 1 rings (SSSR count). The van der Waals surface area contributed by atoms with Gasteiger partial charge in [0.15, 0.2) is 0 Å². The zero-order valence-electron chi connectivity index (χ0n) is 8.75. The first kappa shape index (κ1) is 11.5. The lowest BCUT2D eigenvalue weighted by Gasteiger charge is -2.15. The predicted molar refractivity (Wildman–Crippen MR) is 56.1 cm³/mol. The monoisotopic (exact) mass is 208 g/mol. The molecule has 0 amide bonds. The van der Waals surface area contributed by atoms with Crippen LogP contribution >= 0.6 is 0 Å². The topological polar surface area (TPSA) is 45.0 Å². The van der Waals surface area contributed by atoms with Gasteiger partial charge in [-0.1, -0.05) is 0 Å².